The Kier molecular flexibility index (Phi) is 6.95. The number of hydrogen-bond acceptors (Lipinski definition) is 4. The van der Waals surface area contributed by atoms with Crippen LogP contribution in [0, 0.1) is 26.7 Å². The first-order valence-corrected chi connectivity index (χ1v) is 11.1. The monoisotopic (exact) mass is 417 g/mol. The molecule has 0 atom stereocenters. The number of hydrogen-bond donors (Lipinski definition) is 2. The van der Waals surface area contributed by atoms with E-state index in [2.05, 4.69) is 10.0 Å². The van der Waals surface area contributed by atoms with E-state index in [4.69, 9.17) is 0 Å². The van der Waals surface area contributed by atoms with Crippen molar-refractivity contribution in [1.29, 1.82) is 0 Å². The van der Waals surface area contributed by atoms with E-state index < -0.39 is 10.0 Å². The van der Waals surface area contributed by atoms with E-state index in [9.17, 15) is 13.2 Å². The van der Waals surface area contributed by atoms with Crippen LogP contribution in [0.1, 0.15) is 40.9 Å². The van der Waals surface area contributed by atoms with Gasteiger partial charge in [-0.05, 0) is 56.0 Å². The van der Waals surface area contributed by atoms with Gasteiger partial charge in [-0.2, -0.15) is 0 Å². The second-order valence-corrected chi connectivity index (χ2v) is 9.68. The van der Waals surface area contributed by atoms with Crippen molar-refractivity contribution in [3.63, 3.8) is 0 Å². The van der Waals surface area contributed by atoms with Gasteiger partial charge >= 0.3 is 0 Å². The first-order valence-electron chi connectivity index (χ1n) is 9.62. The fourth-order valence-corrected chi connectivity index (χ4v) is 4.87. The molecule has 6 nitrogen and oxygen atoms in total. The molecule has 2 aromatic rings. The van der Waals surface area contributed by atoms with E-state index in [1.165, 1.54) is 0 Å². The Balaban J connectivity index is 2.43. The van der Waals surface area contributed by atoms with Gasteiger partial charge in [0.05, 0.1) is 10.5 Å². The number of sulfonamides is 1. The summed E-state index contributed by atoms with van der Waals surface area (Å²) in [7, 11) is -0.0987. The van der Waals surface area contributed by atoms with Gasteiger partial charge < -0.3 is 10.2 Å². The standard InChI is InChI=1S/C22H31N3O3S/c1-14(2)13-23-22(26)19-12-18(8-9-20(19)25(6)7)24-29(27,28)21-16(4)10-15(3)11-17(21)5/h8-12,14,24H,13H2,1-7H3,(H,23,26). The van der Waals surface area contributed by atoms with E-state index in [-0.39, 0.29) is 10.8 Å². The summed E-state index contributed by atoms with van der Waals surface area (Å²) in [5.74, 6) is 0.0853. The van der Waals surface area contributed by atoms with Gasteiger partial charge in [-0.25, -0.2) is 8.42 Å². The SMILES string of the molecule is Cc1cc(C)c(S(=O)(=O)Nc2ccc(N(C)C)c(C(=O)NCC(C)C)c2)c(C)c1. The molecule has 0 aliphatic rings. The molecular weight excluding hydrogens is 386 g/mol. The molecule has 0 aromatic heterocycles. The number of amides is 1. The van der Waals surface area contributed by atoms with Crippen LogP contribution in [0.4, 0.5) is 11.4 Å². The molecule has 0 fully saturated rings. The molecule has 2 aromatic carbocycles. The van der Waals surface area contributed by atoms with E-state index >= 15 is 0 Å². The first-order chi connectivity index (χ1) is 13.4. The van der Waals surface area contributed by atoms with Crippen LogP contribution in [-0.2, 0) is 10.0 Å². The number of nitrogens with zero attached hydrogens (tertiary/aromatic N) is 1. The summed E-state index contributed by atoms with van der Waals surface area (Å²) in [6, 6.07) is 8.70. The second-order valence-electron chi connectivity index (χ2n) is 8.06. The van der Waals surface area contributed by atoms with Gasteiger partial charge in [-0.15, -0.1) is 0 Å². The number of carbonyl (C=O) groups is 1. The molecule has 2 N–H and O–H groups in total. The third-order valence-corrected chi connectivity index (χ3v) is 6.21. The summed E-state index contributed by atoms with van der Waals surface area (Å²) >= 11 is 0. The minimum atomic E-state index is -3.79. The maximum absolute atomic E-state index is 13.0. The van der Waals surface area contributed by atoms with E-state index in [1.807, 2.05) is 51.9 Å². The molecule has 0 saturated carbocycles. The summed E-state index contributed by atoms with van der Waals surface area (Å²) in [5.41, 5.74) is 3.89. The van der Waals surface area contributed by atoms with Crippen molar-refractivity contribution in [2.45, 2.75) is 39.5 Å². The maximum Gasteiger partial charge on any atom is 0.262 e. The third-order valence-electron chi connectivity index (χ3n) is 4.52. The summed E-state index contributed by atoms with van der Waals surface area (Å²) in [6.45, 7) is 10.1. The number of anilines is 2. The fourth-order valence-electron chi connectivity index (χ4n) is 3.36. The molecule has 1 amide bonds. The highest BCUT2D eigenvalue weighted by Crippen LogP contribution is 2.27. The zero-order chi connectivity index (χ0) is 21.9. The molecule has 0 heterocycles. The summed E-state index contributed by atoms with van der Waals surface area (Å²) in [5, 5.41) is 2.90. The van der Waals surface area contributed by atoms with Crippen molar-refractivity contribution >= 4 is 27.3 Å². The Morgan fingerprint density at radius 1 is 1.03 bits per heavy atom. The van der Waals surface area contributed by atoms with E-state index in [0.29, 0.717) is 34.8 Å². The van der Waals surface area contributed by atoms with Gasteiger partial charge in [-0.3, -0.25) is 9.52 Å². The molecule has 0 unspecified atom stereocenters. The molecule has 7 heteroatoms. The predicted octanol–water partition coefficient (Wildman–Crippen LogP) is 3.86. The van der Waals surface area contributed by atoms with Gasteiger partial charge in [0.15, 0.2) is 0 Å². The number of aryl methyl sites for hydroxylation is 3. The van der Waals surface area contributed by atoms with Crippen molar-refractivity contribution in [3.05, 3.63) is 52.6 Å². The fraction of sp³-hybridized carbons (Fsp3) is 0.409. The quantitative estimate of drug-likeness (QED) is 0.717. The number of carbonyl (C=O) groups excluding carboxylic acids is 1. The highest BCUT2D eigenvalue weighted by molar-refractivity contribution is 7.92. The molecule has 0 spiro atoms. The van der Waals surface area contributed by atoms with Crippen LogP contribution in [0.15, 0.2) is 35.2 Å². The van der Waals surface area contributed by atoms with Crippen LogP contribution >= 0.6 is 0 Å². The van der Waals surface area contributed by atoms with Crippen LogP contribution in [0.2, 0.25) is 0 Å². The molecule has 0 bridgehead atoms. The van der Waals surface area contributed by atoms with Crippen LogP contribution in [-0.4, -0.2) is 35.0 Å². The van der Waals surface area contributed by atoms with Gasteiger partial charge in [-0.1, -0.05) is 31.5 Å². The van der Waals surface area contributed by atoms with Crippen LogP contribution in [0.3, 0.4) is 0 Å². The smallest absolute Gasteiger partial charge is 0.262 e. The van der Waals surface area contributed by atoms with Gasteiger partial charge in [0.2, 0.25) is 0 Å². The lowest BCUT2D eigenvalue weighted by molar-refractivity contribution is 0.0949. The molecule has 158 valence electrons. The van der Waals surface area contributed by atoms with E-state index in [0.717, 1.165) is 11.3 Å². The first kappa shape index (κ1) is 22.7. The normalized spacial score (nSPS) is 11.4. The summed E-state index contributed by atoms with van der Waals surface area (Å²) in [6.07, 6.45) is 0. The van der Waals surface area contributed by atoms with Gasteiger partial charge in [0.25, 0.3) is 15.9 Å². The number of nitrogens with one attached hydrogen (secondary N) is 2. The van der Waals surface area contributed by atoms with Crippen molar-refractivity contribution in [1.82, 2.24) is 5.32 Å². The topological polar surface area (TPSA) is 78.5 Å². The molecular formula is C22H31N3O3S. The maximum atomic E-state index is 13.0. The van der Waals surface area contributed by atoms with Gasteiger partial charge in [0, 0.05) is 32.0 Å². The summed E-state index contributed by atoms with van der Waals surface area (Å²) < 4.78 is 28.7. The zero-order valence-corrected chi connectivity index (χ0v) is 19.1. The molecule has 0 saturated heterocycles. The number of benzene rings is 2. The van der Waals surface area contributed by atoms with Gasteiger partial charge in [0.1, 0.15) is 0 Å². The molecule has 0 aliphatic heterocycles. The molecule has 0 radical (unpaired) electrons. The van der Waals surface area contributed by atoms with Crippen LogP contribution in [0.25, 0.3) is 0 Å². The Bertz CT molecular complexity index is 989. The average molecular weight is 418 g/mol. The molecule has 0 aliphatic carbocycles. The Morgan fingerprint density at radius 3 is 2.14 bits per heavy atom. The Hall–Kier alpha value is -2.54. The Labute approximate surface area is 174 Å². The van der Waals surface area contributed by atoms with Crippen molar-refractivity contribution < 1.29 is 13.2 Å². The lowest BCUT2D eigenvalue weighted by Gasteiger charge is -2.20. The predicted molar refractivity (Wildman–Crippen MR) is 119 cm³/mol. The van der Waals surface area contributed by atoms with Crippen molar-refractivity contribution in [2.75, 3.05) is 30.3 Å². The van der Waals surface area contributed by atoms with E-state index in [1.54, 1.807) is 32.0 Å². The van der Waals surface area contributed by atoms with Crippen molar-refractivity contribution in [3.8, 4) is 0 Å². The lowest BCUT2D eigenvalue weighted by Crippen LogP contribution is -2.29. The average Bonchev–Trinajstić information content (AvgIpc) is 2.57. The molecule has 29 heavy (non-hydrogen) atoms. The summed E-state index contributed by atoms with van der Waals surface area (Å²) in [4.78, 5) is 14.8. The highest BCUT2D eigenvalue weighted by atomic mass is 32.2. The zero-order valence-electron chi connectivity index (χ0n) is 18.3. The minimum Gasteiger partial charge on any atom is -0.377 e. The minimum absolute atomic E-state index is 0.230. The Morgan fingerprint density at radius 2 is 1.62 bits per heavy atom. The highest BCUT2D eigenvalue weighted by Gasteiger charge is 2.21. The third kappa shape index (κ3) is 5.50. The van der Waals surface area contributed by atoms with Crippen LogP contribution in [0.5, 0.6) is 0 Å². The lowest BCUT2D eigenvalue weighted by atomic mass is 10.1. The molecule has 2 rings (SSSR count). The van der Waals surface area contributed by atoms with Crippen LogP contribution < -0.4 is 14.9 Å². The number of rotatable bonds is 7. The van der Waals surface area contributed by atoms with Crippen molar-refractivity contribution in [2.24, 2.45) is 5.92 Å². The second kappa shape index (κ2) is 8.86. The largest absolute Gasteiger partial charge is 0.377 e.